The number of nitrogens with zero attached hydrogens (tertiary/aromatic N) is 1. The molecule has 0 bridgehead atoms. The average molecular weight is 119 g/mol. The number of carbonyl (C=O) groups excluding carboxylic acids is 1. The van der Waals surface area contributed by atoms with Gasteiger partial charge in [0.15, 0.2) is 5.62 Å². The summed E-state index contributed by atoms with van der Waals surface area (Å²) in [5, 5.41) is 0. The highest BCUT2D eigenvalue weighted by atomic mass is 32.2. The van der Waals surface area contributed by atoms with Crippen molar-refractivity contribution < 1.29 is 4.79 Å². The van der Waals surface area contributed by atoms with Crippen LogP contribution in [0, 0.1) is 0 Å². The molecule has 0 radical (unpaired) electrons. The van der Waals surface area contributed by atoms with Gasteiger partial charge >= 0.3 is 0 Å². The van der Waals surface area contributed by atoms with Gasteiger partial charge < -0.3 is 0 Å². The minimum atomic E-state index is 0.781. The molecule has 0 amide bonds. The van der Waals surface area contributed by atoms with Crippen LogP contribution in [0.25, 0.3) is 0 Å². The highest BCUT2D eigenvalue weighted by Crippen LogP contribution is 1.91. The third-order valence-electron chi connectivity index (χ3n) is 0.401. The summed E-state index contributed by atoms with van der Waals surface area (Å²) in [6, 6.07) is 0. The second-order valence-electron chi connectivity index (χ2n) is 1.47. The molecule has 2 nitrogen and oxygen atoms in total. The van der Waals surface area contributed by atoms with E-state index in [1.165, 1.54) is 11.8 Å². The van der Waals surface area contributed by atoms with Crippen molar-refractivity contribution in [3.63, 3.8) is 0 Å². The Bertz CT molecular complexity index is 55.7. The van der Waals surface area contributed by atoms with Crippen LogP contribution in [0.5, 0.6) is 0 Å². The molecule has 0 aromatic heterocycles. The summed E-state index contributed by atoms with van der Waals surface area (Å²) in [4.78, 5) is 11.6. The van der Waals surface area contributed by atoms with Gasteiger partial charge in [0.25, 0.3) is 0 Å². The minimum Gasteiger partial charge on any atom is -0.300 e. The van der Waals surface area contributed by atoms with Crippen LogP contribution >= 0.6 is 11.8 Å². The van der Waals surface area contributed by atoms with Gasteiger partial charge in [-0.25, -0.2) is 0 Å². The molecule has 0 aliphatic carbocycles. The predicted molar refractivity (Wildman–Crippen MR) is 32.9 cm³/mol. The van der Waals surface area contributed by atoms with Crippen LogP contribution in [0.2, 0.25) is 0 Å². The SMILES string of the molecule is CN(C)CSC=O. The predicted octanol–water partition coefficient (Wildman–Crippen LogP) is 0.429. The average Bonchev–Trinajstić information content (AvgIpc) is 1.61. The van der Waals surface area contributed by atoms with Crippen molar-refractivity contribution >= 4 is 17.4 Å². The van der Waals surface area contributed by atoms with Crippen LogP contribution in [0.4, 0.5) is 0 Å². The lowest BCUT2D eigenvalue weighted by Gasteiger charge is -2.02. The van der Waals surface area contributed by atoms with Crippen molar-refractivity contribution in [3.05, 3.63) is 0 Å². The summed E-state index contributed by atoms with van der Waals surface area (Å²) in [5.41, 5.74) is 0.847. The van der Waals surface area contributed by atoms with Gasteiger partial charge in [-0.05, 0) is 14.1 Å². The lowest BCUT2D eigenvalue weighted by atomic mass is 11.0. The van der Waals surface area contributed by atoms with Gasteiger partial charge in [0, 0.05) is 0 Å². The Morgan fingerprint density at radius 2 is 2.29 bits per heavy atom. The fourth-order valence-electron chi connectivity index (χ4n) is 0.180. The van der Waals surface area contributed by atoms with Crippen LogP contribution < -0.4 is 0 Å². The van der Waals surface area contributed by atoms with Gasteiger partial charge in [-0.15, -0.1) is 0 Å². The Morgan fingerprint density at radius 3 is 2.43 bits per heavy atom. The van der Waals surface area contributed by atoms with Crippen LogP contribution in [-0.4, -0.2) is 30.5 Å². The molecule has 0 aliphatic rings. The maximum Gasteiger partial charge on any atom is 0.177 e. The second-order valence-corrected chi connectivity index (χ2v) is 2.26. The lowest BCUT2D eigenvalue weighted by molar-refractivity contribution is 0.486. The largest absolute Gasteiger partial charge is 0.300 e. The molecule has 0 aromatic carbocycles. The topological polar surface area (TPSA) is 20.3 Å². The van der Waals surface area contributed by atoms with E-state index in [9.17, 15) is 4.79 Å². The van der Waals surface area contributed by atoms with Crippen LogP contribution in [-0.2, 0) is 4.79 Å². The van der Waals surface area contributed by atoms with Crippen LogP contribution in [0.3, 0.4) is 0 Å². The van der Waals surface area contributed by atoms with Crippen LogP contribution in [0.1, 0.15) is 0 Å². The van der Waals surface area contributed by atoms with E-state index < -0.39 is 0 Å². The van der Waals surface area contributed by atoms with Crippen molar-refractivity contribution in [2.24, 2.45) is 0 Å². The van der Waals surface area contributed by atoms with E-state index in [0.717, 1.165) is 11.5 Å². The van der Waals surface area contributed by atoms with E-state index in [1.807, 2.05) is 19.0 Å². The van der Waals surface area contributed by atoms with Gasteiger partial charge in [0.1, 0.15) is 0 Å². The molecule has 0 spiro atoms. The fraction of sp³-hybridized carbons (Fsp3) is 0.750. The molecule has 0 rings (SSSR count). The van der Waals surface area contributed by atoms with E-state index in [0.29, 0.717) is 0 Å². The van der Waals surface area contributed by atoms with Gasteiger partial charge in [-0.1, -0.05) is 11.8 Å². The first-order chi connectivity index (χ1) is 3.27. The van der Waals surface area contributed by atoms with E-state index in [4.69, 9.17) is 0 Å². The molecule has 0 aliphatic heterocycles. The Balaban J connectivity index is 2.81. The third-order valence-corrected chi connectivity index (χ3v) is 1.20. The molecule has 3 heteroatoms. The number of thioether (sulfide) groups is 1. The molecule has 42 valence electrons. The lowest BCUT2D eigenvalue weighted by Crippen LogP contribution is -2.09. The molecule has 0 saturated heterocycles. The number of rotatable bonds is 3. The van der Waals surface area contributed by atoms with E-state index in [1.54, 1.807) is 0 Å². The zero-order valence-electron chi connectivity index (χ0n) is 4.55. The van der Waals surface area contributed by atoms with E-state index >= 15 is 0 Å². The first-order valence-electron chi connectivity index (χ1n) is 1.97. The monoisotopic (exact) mass is 119 g/mol. The third kappa shape index (κ3) is 5.98. The first-order valence-corrected chi connectivity index (χ1v) is 3.02. The molecule has 0 atom stereocenters. The zero-order chi connectivity index (χ0) is 5.70. The normalized spacial score (nSPS) is 9.57. The summed E-state index contributed by atoms with van der Waals surface area (Å²) < 4.78 is 0. The van der Waals surface area contributed by atoms with Crippen molar-refractivity contribution in [1.82, 2.24) is 4.90 Å². The minimum absolute atomic E-state index is 0.781. The van der Waals surface area contributed by atoms with Gasteiger partial charge in [0.05, 0.1) is 5.88 Å². The van der Waals surface area contributed by atoms with Crippen molar-refractivity contribution in [2.75, 3.05) is 20.0 Å². The van der Waals surface area contributed by atoms with Gasteiger partial charge in [0.2, 0.25) is 0 Å². The molecular formula is C4H9NOS. The molecule has 7 heavy (non-hydrogen) atoms. The maximum atomic E-state index is 9.65. The van der Waals surface area contributed by atoms with Crippen molar-refractivity contribution in [1.29, 1.82) is 0 Å². The fourth-order valence-corrected chi connectivity index (χ4v) is 0.539. The second kappa shape index (κ2) is 4.15. The molecule has 0 saturated carbocycles. The highest BCUT2D eigenvalue weighted by molar-refractivity contribution is 8.11. The maximum absolute atomic E-state index is 9.65. The summed E-state index contributed by atoms with van der Waals surface area (Å²) in [5.74, 6) is 0.781. The molecule has 0 aromatic rings. The Kier molecular flexibility index (Phi) is 4.14. The smallest absolute Gasteiger partial charge is 0.177 e. The summed E-state index contributed by atoms with van der Waals surface area (Å²) in [6.07, 6.45) is 0. The molecule has 0 heterocycles. The van der Waals surface area contributed by atoms with Gasteiger partial charge in [-0.2, -0.15) is 0 Å². The van der Waals surface area contributed by atoms with E-state index in [2.05, 4.69) is 0 Å². The molecule has 0 unspecified atom stereocenters. The summed E-state index contributed by atoms with van der Waals surface area (Å²) in [7, 11) is 3.85. The summed E-state index contributed by atoms with van der Waals surface area (Å²) in [6.45, 7) is 0. The quantitative estimate of drug-likeness (QED) is 0.397. The Hall–Kier alpha value is -0.0200. The van der Waals surface area contributed by atoms with Gasteiger partial charge in [-0.3, -0.25) is 9.69 Å². The van der Waals surface area contributed by atoms with E-state index in [-0.39, 0.29) is 0 Å². The highest BCUT2D eigenvalue weighted by Gasteiger charge is 1.84. The Morgan fingerprint density at radius 1 is 1.71 bits per heavy atom. The molecular weight excluding hydrogens is 110 g/mol. The number of carbonyl (C=O) groups is 1. The summed E-state index contributed by atoms with van der Waals surface area (Å²) >= 11 is 1.26. The standard InChI is InChI=1S/C4H9NOS/c1-5(2)3-7-4-6/h4H,3H2,1-2H3. The van der Waals surface area contributed by atoms with Crippen molar-refractivity contribution in [2.45, 2.75) is 0 Å². The first kappa shape index (κ1) is 6.98. The van der Waals surface area contributed by atoms with Crippen LogP contribution in [0.15, 0.2) is 0 Å². The Labute approximate surface area is 47.9 Å². The molecule has 0 fully saturated rings. The van der Waals surface area contributed by atoms with Crippen molar-refractivity contribution in [3.8, 4) is 0 Å². The zero-order valence-corrected chi connectivity index (χ0v) is 5.36. The number of hydrogen-bond acceptors (Lipinski definition) is 3. The molecule has 0 N–H and O–H groups in total. The number of hydrogen-bond donors (Lipinski definition) is 0.